The third-order valence-electron chi connectivity index (χ3n) is 5.41. The van der Waals surface area contributed by atoms with Crippen molar-refractivity contribution < 1.29 is 9.90 Å². The van der Waals surface area contributed by atoms with Gasteiger partial charge in [-0.15, -0.1) is 0 Å². The summed E-state index contributed by atoms with van der Waals surface area (Å²) in [6.45, 7) is 3.04. The standard InChI is InChI=1S/C24H49NO2/c1-2-3-4-5-6-7-8-9-10-11-12-13-14-15-16-17-18-19-21-24(27)25-22-20-23-26/h26H,2-23H2,1H3,(H,25,27). The highest BCUT2D eigenvalue weighted by Crippen LogP contribution is 2.14. The van der Waals surface area contributed by atoms with Gasteiger partial charge in [0.2, 0.25) is 5.91 Å². The number of hydrogen-bond acceptors (Lipinski definition) is 2. The summed E-state index contributed by atoms with van der Waals surface area (Å²) in [6.07, 6.45) is 26.0. The summed E-state index contributed by atoms with van der Waals surface area (Å²) in [6, 6.07) is 0. The highest BCUT2D eigenvalue weighted by Gasteiger charge is 2.00. The molecule has 0 aromatic carbocycles. The first-order chi connectivity index (χ1) is 13.3. The van der Waals surface area contributed by atoms with Crippen molar-refractivity contribution in [3.8, 4) is 0 Å². The zero-order chi connectivity index (χ0) is 19.8. The normalized spacial score (nSPS) is 11.0. The second kappa shape index (κ2) is 23.5. The quantitative estimate of drug-likeness (QED) is 0.199. The van der Waals surface area contributed by atoms with E-state index in [1.165, 1.54) is 109 Å². The van der Waals surface area contributed by atoms with Crippen molar-refractivity contribution >= 4 is 5.91 Å². The Balaban J connectivity index is 3.06. The van der Waals surface area contributed by atoms with E-state index in [4.69, 9.17) is 5.11 Å². The molecule has 27 heavy (non-hydrogen) atoms. The molecule has 2 N–H and O–H groups in total. The Morgan fingerprint density at radius 1 is 0.593 bits per heavy atom. The molecule has 3 heteroatoms. The lowest BCUT2D eigenvalue weighted by Gasteiger charge is -2.05. The fraction of sp³-hybridized carbons (Fsp3) is 0.958. The van der Waals surface area contributed by atoms with Crippen LogP contribution >= 0.6 is 0 Å². The van der Waals surface area contributed by atoms with Gasteiger partial charge in [0, 0.05) is 19.6 Å². The van der Waals surface area contributed by atoms with Crippen molar-refractivity contribution in [3.63, 3.8) is 0 Å². The van der Waals surface area contributed by atoms with Crippen molar-refractivity contribution in [1.29, 1.82) is 0 Å². The summed E-state index contributed by atoms with van der Waals surface area (Å²) in [5.41, 5.74) is 0. The van der Waals surface area contributed by atoms with Crippen LogP contribution in [0.4, 0.5) is 0 Å². The SMILES string of the molecule is CCCCCCCCCCCCCCCCCCCCC(=O)NCCCO. The highest BCUT2D eigenvalue weighted by atomic mass is 16.3. The summed E-state index contributed by atoms with van der Waals surface area (Å²) in [4.78, 5) is 11.5. The zero-order valence-electron chi connectivity index (χ0n) is 18.4. The first-order valence-corrected chi connectivity index (χ1v) is 12.2. The predicted molar refractivity (Wildman–Crippen MR) is 118 cm³/mol. The van der Waals surface area contributed by atoms with E-state index in [2.05, 4.69) is 12.2 Å². The van der Waals surface area contributed by atoms with Crippen LogP contribution in [0, 0.1) is 0 Å². The number of aliphatic hydroxyl groups is 1. The molecule has 0 aliphatic rings. The topological polar surface area (TPSA) is 49.3 Å². The minimum Gasteiger partial charge on any atom is -0.396 e. The van der Waals surface area contributed by atoms with E-state index in [0.717, 1.165) is 6.42 Å². The second-order valence-electron chi connectivity index (χ2n) is 8.19. The molecule has 0 heterocycles. The second-order valence-corrected chi connectivity index (χ2v) is 8.19. The Labute approximate surface area is 170 Å². The van der Waals surface area contributed by atoms with E-state index in [-0.39, 0.29) is 12.5 Å². The van der Waals surface area contributed by atoms with Gasteiger partial charge in [0.25, 0.3) is 0 Å². The smallest absolute Gasteiger partial charge is 0.219 e. The third kappa shape index (κ3) is 23.4. The lowest BCUT2D eigenvalue weighted by atomic mass is 10.0. The summed E-state index contributed by atoms with van der Waals surface area (Å²) in [5, 5.41) is 11.5. The van der Waals surface area contributed by atoms with Crippen LogP contribution in [-0.4, -0.2) is 24.2 Å². The van der Waals surface area contributed by atoms with Gasteiger partial charge in [0.15, 0.2) is 0 Å². The van der Waals surface area contributed by atoms with Crippen LogP contribution in [0.1, 0.15) is 135 Å². The maximum atomic E-state index is 11.5. The summed E-state index contributed by atoms with van der Waals surface area (Å²) < 4.78 is 0. The molecule has 3 nitrogen and oxygen atoms in total. The van der Waals surface area contributed by atoms with E-state index < -0.39 is 0 Å². The molecule has 0 fully saturated rings. The van der Waals surface area contributed by atoms with Crippen LogP contribution in [0.5, 0.6) is 0 Å². The molecule has 0 rings (SSSR count). The van der Waals surface area contributed by atoms with Crippen molar-refractivity contribution in [2.45, 2.75) is 135 Å². The van der Waals surface area contributed by atoms with E-state index in [1.54, 1.807) is 0 Å². The van der Waals surface area contributed by atoms with Crippen LogP contribution in [-0.2, 0) is 4.79 Å². The summed E-state index contributed by atoms with van der Waals surface area (Å²) in [7, 11) is 0. The first kappa shape index (κ1) is 26.4. The van der Waals surface area contributed by atoms with Crippen molar-refractivity contribution in [2.75, 3.05) is 13.2 Å². The molecule has 162 valence electrons. The first-order valence-electron chi connectivity index (χ1n) is 12.2. The predicted octanol–water partition coefficient (Wildman–Crippen LogP) is 6.92. The molecule has 0 aromatic rings. The molecule has 0 saturated carbocycles. The molecule has 0 bridgehead atoms. The molecule has 0 saturated heterocycles. The van der Waals surface area contributed by atoms with Gasteiger partial charge in [-0.2, -0.15) is 0 Å². The molecule has 0 spiro atoms. The number of aliphatic hydroxyl groups excluding tert-OH is 1. The zero-order valence-corrected chi connectivity index (χ0v) is 18.4. The van der Waals surface area contributed by atoms with Gasteiger partial charge in [0.05, 0.1) is 0 Å². The fourth-order valence-corrected chi connectivity index (χ4v) is 3.58. The molecular formula is C24H49NO2. The number of amides is 1. The number of hydrogen-bond donors (Lipinski definition) is 2. The molecule has 0 radical (unpaired) electrons. The lowest BCUT2D eigenvalue weighted by Crippen LogP contribution is -2.24. The molecule has 0 aliphatic heterocycles. The summed E-state index contributed by atoms with van der Waals surface area (Å²) >= 11 is 0. The molecule has 1 amide bonds. The van der Waals surface area contributed by atoms with Gasteiger partial charge in [0.1, 0.15) is 0 Å². The van der Waals surface area contributed by atoms with Crippen LogP contribution in [0.25, 0.3) is 0 Å². The number of rotatable bonds is 22. The van der Waals surface area contributed by atoms with Crippen molar-refractivity contribution in [2.24, 2.45) is 0 Å². The Morgan fingerprint density at radius 2 is 0.963 bits per heavy atom. The van der Waals surface area contributed by atoms with Crippen LogP contribution in [0.3, 0.4) is 0 Å². The Bertz CT molecular complexity index is 294. The van der Waals surface area contributed by atoms with E-state index >= 15 is 0 Å². The lowest BCUT2D eigenvalue weighted by molar-refractivity contribution is -0.121. The Morgan fingerprint density at radius 3 is 1.33 bits per heavy atom. The molecule has 0 aromatic heterocycles. The van der Waals surface area contributed by atoms with Gasteiger partial charge in [-0.1, -0.05) is 116 Å². The monoisotopic (exact) mass is 383 g/mol. The van der Waals surface area contributed by atoms with Crippen molar-refractivity contribution in [3.05, 3.63) is 0 Å². The van der Waals surface area contributed by atoms with Gasteiger partial charge in [-0.25, -0.2) is 0 Å². The van der Waals surface area contributed by atoms with E-state index in [0.29, 0.717) is 19.4 Å². The summed E-state index contributed by atoms with van der Waals surface area (Å²) in [5.74, 6) is 0.139. The number of nitrogens with one attached hydrogen (secondary N) is 1. The molecular weight excluding hydrogens is 334 g/mol. The average Bonchev–Trinajstić information content (AvgIpc) is 2.67. The van der Waals surface area contributed by atoms with Crippen LogP contribution in [0.15, 0.2) is 0 Å². The molecule has 0 aliphatic carbocycles. The fourth-order valence-electron chi connectivity index (χ4n) is 3.58. The number of carbonyl (C=O) groups excluding carboxylic acids is 1. The van der Waals surface area contributed by atoms with Crippen LogP contribution < -0.4 is 5.32 Å². The Hall–Kier alpha value is -0.570. The van der Waals surface area contributed by atoms with Gasteiger partial charge in [-0.05, 0) is 12.8 Å². The Kier molecular flexibility index (Phi) is 23.0. The van der Waals surface area contributed by atoms with Crippen molar-refractivity contribution in [1.82, 2.24) is 5.32 Å². The average molecular weight is 384 g/mol. The van der Waals surface area contributed by atoms with Gasteiger partial charge < -0.3 is 10.4 Å². The number of unbranched alkanes of at least 4 members (excludes halogenated alkanes) is 17. The molecule has 0 atom stereocenters. The highest BCUT2D eigenvalue weighted by molar-refractivity contribution is 5.75. The number of carbonyl (C=O) groups is 1. The van der Waals surface area contributed by atoms with Gasteiger partial charge in [-0.3, -0.25) is 4.79 Å². The maximum absolute atomic E-state index is 11.5. The minimum atomic E-state index is 0.139. The maximum Gasteiger partial charge on any atom is 0.219 e. The largest absolute Gasteiger partial charge is 0.396 e. The van der Waals surface area contributed by atoms with E-state index in [9.17, 15) is 4.79 Å². The molecule has 0 unspecified atom stereocenters. The van der Waals surface area contributed by atoms with E-state index in [1.807, 2.05) is 0 Å². The van der Waals surface area contributed by atoms with Gasteiger partial charge >= 0.3 is 0 Å². The van der Waals surface area contributed by atoms with Crippen LogP contribution in [0.2, 0.25) is 0 Å². The minimum absolute atomic E-state index is 0.139. The third-order valence-corrected chi connectivity index (χ3v) is 5.41.